The zero-order valence-electron chi connectivity index (χ0n) is 9.37. The van der Waals surface area contributed by atoms with Crippen LogP contribution in [-0.2, 0) is 24.9 Å². The van der Waals surface area contributed by atoms with E-state index >= 15 is 0 Å². The fourth-order valence-corrected chi connectivity index (χ4v) is 1.98. The Hall–Kier alpha value is -1.69. The number of carbonyl (C=O) groups is 1. The summed E-state index contributed by atoms with van der Waals surface area (Å²) in [5.41, 5.74) is 0.937. The molecule has 0 bridgehead atoms. The molecular formula is C11H13NO4S. The molecule has 6 heteroatoms. The van der Waals surface area contributed by atoms with Crippen LogP contribution in [-0.4, -0.2) is 20.4 Å². The van der Waals surface area contributed by atoms with Crippen LogP contribution in [0.25, 0.3) is 0 Å². The lowest BCUT2D eigenvalue weighted by molar-refractivity contribution is -0.106. The van der Waals surface area contributed by atoms with Gasteiger partial charge in [0.1, 0.15) is 12.0 Å². The zero-order chi connectivity index (χ0) is 12.7. The fraction of sp³-hybridized carbons (Fsp3) is 0.273. The maximum Gasteiger partial charge on any atom is 0.332 e. The molecule has 0 N–H and O–H groups in total. The first-order chi connectivity index (χ1) is 8.03. The summed E-state index contributed by atoms with van der Waals surface area (Å²) in [5.74, 6) is -0.244. The third-order valence-corrected chi connectivity index (χ3v) is 2.86. The van der Waals surface area contributed by atoms with Gasteiger partial charge in [-0.1, -0.05) is 35.5 Å². The lowest BCUT2D eigenvalue weighted by Gasteiger charge is -2.02. The topological polar surface area (TPSA) is 72.8 Å². The number of rotatable bonds is 6. The fourth-order valence-electron chi connectivity index (χ4n) is 1.08. The lowest BCUT2D eigenvalue weighted by atomic mass is 10.2. The summed E-state index contributed by atoms with van der Waals surface area (Å²) in [6, 6.07) is 8.65. The summed E-state index contributed by atoms with van der Waals surface area (Å²) in [7, 11) is -3.75. The van der Waals surface area contributed by atoms with Crippen LogP contribution in [0.15, 0.2) is 35.5 Å². The van der Waals surface area contributed by atoms with E-state index in [1.165, 1.54) is 6.92 Å². The van der Waals surface area contributed by atoms with E-state index in [1.807, 2.05) is 0 Å². The number of benzene rings is 1. The van der Waals surface area contributed by atoms with Gasteiger partial charge in [-0.25, -0.2) is 0 Å². The van der Waals surface area contributed by atoms with Crippen molar-refractivity contribution in [3.63, 3.8) is 0 Å². The molecule has 1 aromatic carbocycles. The molecule has 1 aromatic rings. The quantitative estimate of drug-likeness (QED) is 0.438. The van der Waals surface area contributed by atoms with Crippen LogP contribution >= 0.6 is 0 Å². The molecular weight excluding hydrogens is 242 g/mol. The summed E-state index contributed by atoms with van der Waals surface area (Å²) in [6.07, 6.45) is 0.687. The van der Waals surface area contributed by atoms with Crippen LogP contribution in [0, 0.1) is 0 Å². The van der Waals surface area contributed by atoms with Gasteiger partial charge in [0.15, 0.2) is 0 Å². The Morgan fingerprint density at radius 3 is 2.59 bits per heavy atom. The SMILES string of the molecule is CC(CC=O)=NOS(=O)(=O)Cc1ccccc1. The Labute approximate surface area is 100 Å². The van der Waals surface area contributed by atoms with E-state index in [2.05, 4.69) is 9.44 Å². The Kier molecular flexibility index (Phi) is 4.84. The summed E-state index contributed by atoms with van der Waals surface area (Å²) in [4.78, 5) is 10.1. The van der Waals surface area contributed by atoms with Crippen molar-refractivity contribution in [3.8, 4) is 0 Å². The highest BCUT2D eigenvalue weighted by Crippen LogP contribution is 2.07. The van der Waals surface area contributed by atoms with Gasteiger partial charge in [-0.15, -0.1) is 0 Å². The number of carbonyl (C=O) groups excluding carboxylic acids is 1. The van der Waals surface area contributed by atoms with E-state index < -0.39 is 10.1 Å². The Balaban J connectivity index is 2.64. The molecule has 0 aliphatic carbocycles. The largest absolute Gasteiger partial charge is 0.332 e. The summed E-state index contributed by atoms with van der Waals surface area (Å²) < 4.78 is 27.4. The number of hydrogen-bond donors (Lipinski definition) is 0. The smallest absolute Gasteiger partial charge is 0.303 e. The molecule has 0 fully saturated rings. The van der Waals surface area contributed by atoms with Crippen molar-refractivity contribution in [2.75, 3.05) is 0 Å². The van der Waals surface area contributed by atoms with Crippen LogP contribution in [0.3, 0.4) is 0 Å². The molecule has 0 amide bonds. The summed E-state index contributed by atoms with van der Waals surface area (Å²) in [5, 5.41) is 3.38. The highest BCUT2D eigenvalue weighted by molar-refractivity contribution is 7.85. The van der Waals surface area contributed by atoms with Gasteiger partial charge in [-0.2, -0.15) is 8.42 Å². The number of nitrogens with zero attached hydrogens (tertiary/aromatic N) is 1. The standard InChI is InChI=1S/C11H13NO4S/c1-10(7-8-13)12-16-17(14,15)9-11-5-3-2-4-6-11/h2-6,8H,7,9H2,1H3. The van der Waals surface area contributed by atoms with E-state index in [1.54, 1.807) is 30.3 Å². The summed E-state index contributed by atoms with van der Waals surface area (Å²) in [6.45, 7) is 1.52. The van der Waals surface area contributed by atoms with Gasteiger partial charge in [0, 0.05) is 6.42 Å². The van der Waals surface area contributed by atoms with Crippen LogP contribution in [0.5, 0.6) is 0 Å². The van der Waals surface area contributed by atoms with Gasteiger partial charge < -0.3 is 4.79 Å². The molecule has 0 spiro atoms. The Bertz CT molecular complexity index is 493. The molecule has 0 atom stereocenters. The monoisotopic (exact) mass is 255 g/mol. The first-order valence-corrected chi connectivity index (χ1v) is 6.53. The minimum Gasteiger partial charge on any atom is -0.303 e. The third-order valence-electron chi connectivity index (χ3n) is 1.87. The molecule has 0 saturated heterocycles. The number of oxime groups is 1. The second-order valence-corrected chi connectivity index (χ2v) is 5.01. The maximum atomic E-state index is 11.5. The highest BCUT2D eigenvalue weighted by atomic mass is 32.2. The van der Waals surface area contributed by atoms with Gasteiger partial charge in [-0.05, 0) is 12.5 Å². The predicted octanol–water partition coefficient (Wildman–Crippen LogP) is 1.50. The molecule has 0 aliphatic rings. The highest BCUT2D eigenvalue weighted by Gasteiger charge is 2.12. The van der Waals surface area contributed by atoms with Crippen LogP contribution in [0.1, 0.15) is 18.9 Å². The molecule has 17 heavy (non-hydrogen) atoms. The van der Waals surface area contributed by atoms with Crippen molar-refractivity contribution in [1.82, 2.24) is 0 Å². The van der Waals surface area contributed by atoms with E-state index in [0.717, 1.165) is 0 Å². The van der Waals surface area contributed by atoms with Crippen LogP contribution < -0.4 is 0 Å². The van der Waals surface area contributed by atoms with Crippen LogP contribution in [0.2, 0.25) is 0 Å². The first kappa shape index (κ1) is 13.4. The lowest BCUT2D eigenvalue weighted by Crippen LogP contribution is -2.07. The number of hydrogen-bond acceptors (Lipinski definition) is 5. The van der Waals surface area contributed by atoms with Gasteiger partial charge in [-0.3, -0.25) is 4.28 Å². The van der Waals surface area contributed by atoms with E-state index in [-0.39, 0.29) is 12.2 Å². The molecule has 0 radical (unpaired) electrons. The van der Waals surface area contributed by atoms with Crippen LogP contribution in [0.4, 0.5) is 0 Å². The Morgan fingerprint density at radius 2 is 2.00 bits per heavy atom. The molecule has 0 aromatic heterocycles. The first-order valence-electron chi connectivity index (χ1n) is 4.96. The molecule has 0 saturated carbocycles. The molecule has 0 unspecified atom stereocenters. The van der Waals surface area contributed by atoms with E-state index in [9.17, 15) is 13.2 Å². The van der Waals surface area contributed by atoms with E-state index in [0.29, 0.717) is 17.6 Å². The molecule has 0 aliphatic heterocycles. The normalized spacial score (nSPS) is 12.2. The molecule has 0 heterocycles. The van der Waals surface area contributed by atoms with Gasteiger partial charge in [0.05, 0.1) is 5.71 Å². The minimum atomic E-state index is -3.75. The van der Waals surface area contributed by atoms with Crippen molar-refractivity contribution in [2.45, 2.75) is 19.1 Å². The van der Waals surface area contributed by atoms with Gasteiger partial charge in [0.25, 0.3) is 0 Å². The third kappa shape index (κ3) is 5.26. The number of aldehydes is 1. The molecule has 92 valence electrons. The zero-order valence-corrected chi connectivity index (χ0v) is 10.2. The van der Waals surface area contributed by atoms with E-state index in [4.69, 9.17) is 0 Å². The molecule has 1 rings (SSSR count). The van der Waals surface area contributed by atoms with Crippen molar-refractivity contribution in [1.29, 1.82) is 0 Å². The van der Waals surface area contributed by atoms with Crippen molar-refractivity contribution < 1.29 is 17.5 Å². The second-order valence-electron chi connectivity index (χ2n) is 3.46. The predicted molar refractivity (Wildman–Crippen MR) is 63.9 cm³/mol. The maximum absolute atomic E-state index is 11.5. The van der Waals surface area contributed by atoms with Crippen molar-refractivity contribution >= 4 is 22.1 Å². The average molecular weight is 255 g/mol. The summed E-state index contributed by atoms with van der Waals surface area (Å²) >= 11 is 0. The van der Waals surface area contributed by atoms with Gasteiger partial charge >= 0.3 is 10.1 Å². The van der Waals surface area contributed by atoms with Gasteiger partial charge in [0.2, 0.25) is 0 Å². The van der Waals surface area contributed by atoms with Crippen molar-refractivity contribution in [3.05, 3.63) is 35.9 Å². The molecule has 5 nitrogen and oxygen atoms in total. The van der Waals surface area contributed by atoms with Crippen molar-refractivity contribution in [2.24, 2.45) is 5.16 Å². The Morgan fingerprint density at radius 1 is 1.35 bits per heavy atom. The average Bonchev–Trinajstić information content (AvgIpc) is 2.28. The second kappa shape index (κ2) is 6.15. The minimum absolute atomic E-state index is 0.0564.